The number of carbonyl (C=O) groups excluding carboxylic acids is 1. The Morgan fingerprint density at radius 2 is 2.29 bits per heavy atom. The van der Waals surface area contributed by atoms with Gasteiger partial charge in [-0.15, -0.1) is 12.4 Å². The second-order valence-corrected chi connectivity index (χ2v) is 3.22. The molecule has 0 amide bonds. The van der Waals surface area contributed by atoms with Crippen molar-refractivity contribution in [2.24, 2.45) is 0 Å². The summed E-state index contributed by atoms with van der Waals surface area (Å²) in [6.07, 6.45) is 3.06. The number of pyridine rings is 1. The molecule has 0 spiro atoms. The highest BCUT2D eigenvalue weighted by atomic mass is 35.5. The molecule has 1 aromatic rings. The molecule has 3 nitrogen and oxygen atoms in total. The third-order valence-electron chi connectivity index (χ3n) is 1.58. The molecule has 1 heterocycles. The minimum absolute atomic E-state index is 0. The highest BCUT2D eigenvalue weighted by Crippen LogP contribution is 2.07. The normalized spacial score (nSPS) is 9.36. The molecule has 78 valence electrons. The number of halogens is 1. The molecule has 0 fully saturated rings. The quantitative estimate of drug-likeness (QED) is 0.781. The number of nitrogens with zero attached hydrogens (tertiary/aromatic N) is 1. The standard InChI is InChI=1S/C10H14N2O.ClH/c1-8(2)12-10-7-9(4-6-13)3-5-11-10;/h3,5-8H,4H2,1-2H3,(H,11,12);1H. The Morgan fingerprint density at radius 3 is 2.86 bits per heavy atom. The van der Waals surface area contributed by atoms with Gasteiger partial charge < -0.3 is 10.1 Å². The Morgan fingerprint density at radius 1 is 1.57 bits per heavy atom. The fourth-order valence-corrected chi connectivity index (χ4v) is 1.07. The molecule has 4 heteroatoms. The third kappa shape index (κ3) is 4.23. The predicted molar refractivity (Wildman–Crippen MR) is 60.0 cm³/mol. The van der Waals surface area contributed by atoms with E-state index in [0.717, 1.165) is 17.7 Å². The lowest BCUT2D eigenvalue weighted by Gasteiger charge is -2.08. The Labute approximate surface area is 90.3 Å². The third-order valence-corrected chi connectivity index (χ3v) is 1.58. The SMILES string of the molecule is CC(C)Nc1cc(CC=O)ccn1.Cl. The zero-order chi connectivity index (χ0) is 9.68. The molecule has 0 aliphatic carbocycles. The van der Waals surface area contributed by atoms with Crippen LogP contribution in [0.2, 0.25) is 0 Å². The van der Waals surface area contributed by atoms with E-state index in [1.54, 1.807) is 6.20 Å². The number of carbonyl (C=O) groups is 1. The number of aldehydes is 1. The minimum atomic E-state index is 0. The topological polar surface area (TPSA) is 42.0 Å². The molecule has 0 saturated carbocycles. The maximum absolute atomic E-state index is 10.3. The van der Waals surface area contributed by atoms with E-state index in [9.17, 15) is 4.79 Å². The van der Waals surface area contributed by atoms with Crippen LogP contribution in [-0.4, -0.2) is 17.3 Å². The van der Waals surface area contributed by atoms with Crippen LogP contribution < -0.4 is 5.32 Å². The summed E-state index contributed by atoms with van der Waals surface area (Å²) in [5.74, 6) is 0.828. The first-order chi connectivity index (χ1) is 6.22. The van der Waals surface area contributed by atoms with Crippen molar-refractivity contribution in [2.45, 2.75) is 26.3 Å². The Kier molecular flexibility index (Phi) is 5.88. The summed E-state index contributed by atoms with van der Waals surface area (Å²) in [6.45, 7) is 4.10. The predicted octanol–water partition coefficient (Wildman–Crippen LogP) is 2.07. The van der Waals surface area contributed by atoms with E-state index in [2.05, 4.69) is 10.3 Å². The highest BCUT2D eigenvalue weighted by Gasteiger charge is 1.97. The van der Waals surface area contributed by atoms with Crippen LogP contribution in [0.15, 0.2) is 18.3 Å². The number of aromatic nitrogens is 1. The first-order valence-electron chi connectivity index (χ1n) is 4.37. The molecular weight excluding hydrogens is 200 g/mol. The van der Waals surface area contributed by atoms with Gasteiger partial charge in [-0.3, -0.25) is 0 Å². The van der Waals surface area contributed by atoms with Gasteiger partial charge in [0.1, 0.15) is 12.1 Å². The molecule has 1 rings (SSSR count). The van der Waals surface area contributed by atoms with Gasteiger partial charge in [-0.2, -0.15) is 0 Å². The van der Waals surface area contributed by atoms with Crippen molar-refractivity contribution in [1.29, 1.82) is 0 Å². The smallest absolute Gasteiger partial charge is 0.126 e. The molecule has 1 N–H and O–H groups in total. The second-order valence-electron chi connectivity index (χ2n) is 3.22. The van der Waals surface area contributed by atoms with Gasteiger partial charge in [0.2, 0.25) is 0 Å². The Hall–Kier alpha value is -1.09. The van der Waals surface area contributed by atoms with Gasteiger partial charge in [-0.25, -0.2) is 4.98 Å². The van der Waals surface area contributed by atoms with Gasteiger partial charge in [0.25, 0.3) is 0 Å². The van der Waals surface area contributed by atoms with Gasteiger partial charge in [-0.1, -0.05) is 0 Å². The van der Waals surface area contributed by atoms with E-state index >= 15 is 0 Å². The van der Waals surface area contributed by atoms with E-state index in [4.69, 9.17) is 0 Å². The van der Waals surface area contributed by atoms with Gasteiger partial charge in [0.15, 0.2) is 0 Å². The van der Waals surface area contributed by atoms with Crippen LogP contribution in [0.1, 0.15) is 19.4 Å². The van der Waals surface area contributed by atoms with Gasteiger partial charge in [0, 0.05) is 18.7 Å². The highest BCUT2D eigenvalue weighted by molar-refractivity contribution is 5.85. The van der Waals surface area contributed by atoms with Crippen molar-refractivity contribution < 1.29 is 4.79 Å². The number of nitrogens with one attached hydrogen (secondary N) is 1. The van der Waals surface area contributed by atoms with Crippen molar-refractivity contribution in [3.63, 3.8) is 0 Å². The molecule has 0 saturated heterocycles. The van der Waals surface area contributed by atoms with Gasteiger partial charge in [0.05, 0.1) is 0 Å². The Balaban J connectivity index is 0.00000169. The number of hydrogen-bond donors (Lipinski definition) is 1. The average molecular weight is 215 g/mol. The minimum Gasteiger partial charge on any atom is -0.368 e. The molecule has 0 aliphatic rings. The molecule has 14 heavy (non-hydrogen) atoms. The molecule has 0 aromatic carbocycles. The largest absolute Gasteiger partial charge is 0.368 e. The fourth-order valence-electron chi connectivity index (χ4n) is 1.07. The van der Waals surface area contributed by atoms with Crippen molar-refractivity contribution >= 4 is 24.5 Å². The number of anilines is 1. The van der Waals surface area contributed by atoms with Crippen LogP contribution in [0.4, 0.5) is 5.82 Å². The van der Waals surface area contributed by atoms with E-state index in [1.165, 1.54) is 0 Å². The first kappa shape index (κ1) is 12.9. The molecule has 0 atom stereocenters. The lowest BCUT2D eigenvalue weighted by molar-refractivity contribution is -0.107. The zero-order valence-corrected chi connectivity index (χ0v) is 9.17. The molecule has 1 aromatic heterocycles. The summed E-state index contributed by atoms with van der Waals surface area (Å²) in [6, 6.07) is 4.10. The van der Waals surface area contributed by atoms with E-state index in [-0.39, 0.29) is 12.4 Å². The second kappa shape index (κ2) is 6.38. The van der Waals surface area contributed by atoms with Crippen LogP contribution in [-0.2, 0) is 11.2 Å². The monoisotopic (exact) mass is 214 g/mol. The lowest BCUT2D eigenvalue weighted by atomic mass is 10.2. The summed E-state index contributed by atoms with van der Waals surface area (Å²) < 4.78 is 0. The van der Waals surface area contributed by atoms with Crippen LogP contribution >= 0.6 is 12.4 Å². The molecular formula is C10H15ClN2O. The van der Waals surface area contributed by atoms with E-state index < -0.39 is 0 Å². The van der Waals surface area contributed by atoms with Gasteiger partial charge in [-0.05, 0) is 31.5 Å². The van der Waals surface area contributed by atoms with Gasteiger partial charge >= 0.3 is 0 Å². The zero-order valence-electron chi connectivity index (χ0n) is 8.36. The van der Waals surface area contributed by atoms with Crippen LogP contribution in [0, 0.1) is 0 Å². The lowest BCUT2D eigenvalue weighted by Crippen LogP contribution is -2.11. The van der Waals surface area contributed by atoms with Crippen molar-refractivity contribution in [1.82, 2.24) is 4.98 Å². The summed E-state index contributed by atoms with van der Waals surface area (Å²) in [5.41, 5.74) is 0.994. The van der Waals surface area contributed by atoms with E-state index in [1.807, 2.05) is 26.0 Å². The molecule has 0 unspecified atom stereocenters. The summed E-state index contributed by atoms with van der Waals surface area (Å²) in [5, 5.41) is 3.18. The van der Waals surface area contributed by atoms with Crippen molar-refractivity contribution in [3.05, 3.63) is 23.9 Å². The summed E-state index contributed by atoms with van der Waals surface area (Å²) in [4.78, 5) is 14.4. The fraction of sp³-hybridized carbons (Fsp3) is 0.400. The Bertz CT molecular complexity index is 289. The van der Waals surface area contributed by atoms with Crippen molar-refractivity contribution in [3.8, 4) is 0 Å². The maximum Gasteiger partial charge on any atom is 0.126 e. The molecule has 0 aliphatic heterocycles. The summed E-state index contributed by atoms with van der Waals surface area (Å²) in [7, 11) is 0. The number of rotatable bonds is 4. The van der Waals surface area contributed by atoms with E-state index in [0.29, 0.717) is 12.5 Å². The first-order valence-corrected chi connectivity index (χ1v) is 4.37. The number of hydrogen-bond acceptors (Lipinski definition) is 3. The molecule has 0 bridgehead atoms. The average Bonchev–Trinajstić information content (AvgIpc) is 2.04. The molecule has 0 radical (unpaired) electrons. The van der Waals surface area contributed by atoms with Crippen LogP contribution in [0.5, 0.6) is 0 Å². The summed E-state index contributed by atoms with van der Waals surface area (Å²) >= 11 is 0. The van der Waals surface area contributed by atoms with Crippen molar-refractivity contribution in [2.75, 3.05) is 5.32 Å². The van der Waals surface area contributed by atoms with Crippen LogP contribution in [0.25, 0.3) is 0 Å². The van der Waals surface area contributed by atoms with Crippen LogP contribution in [0.3, 0.4) is 0 Å². The maximum atomic E-state index is 10.3.